The minimum atomic E-state index is -0.725. The maximum Gasteiger partial charge on any atom is 0.407 e. The smallest absolute Gasteiger partial charge is 0.407 e. The summed E-state index contributed by atoms with van der Waals surface area (Å²) in [6, 6.07) is 16.3. The van der Waals surface area contributed by atoms with Crippen LogP contribution in [0.25, 0.3) is 10.9 Å². The minimum absolute atomic E-state index is 0.165. The van der Waals surface area contributed by atoms with Crippen molar-refractivity contribution in [3.8, 4) is 0 Å². The number of carbonyl (C=O) groups excluding carboxylic acids is 2. The van der Waals surface area contributed by atoms with Crippen molar-refractivity contribution in [2.75, 3.05) is 19.8 Å². The van der Waals surface area contributed by atoms with Crippen molar-refractivity contribution >= 4 is 22.9 Å². The molecule has 9 nitrogen and oxygen atoms in total. The third-order valence-corrected chi connectivity index (χ3v) is 5.90. The molecule has 2 amide bonds. The number of hydrogen-bond donors (Lipinski definition) is 4. The van der Waals surface area contributed by atoms with Gasteiger partial charge in [0.1, 0.15) is 6.61 Å². The van der Waals surface area contributed by atoms with Gasteiger partial charge in [0.15, 0.2) is 6.29 Å². The molecule has 1 aliphatic rings. The number of H-pyrrole nitrogens is 1. The van der Waals surface area contributed by atoms with Crippen molar-refractivity contribution in [3.63, 3.8) is 0 Å². The predicted octanol–water partition coefficient (Wildman–Crippen LogP) is 2.38. The van der Waals surface area contributed by atoms with E-state index in [1.54, 1.807) is 0 Å². The van der Waals surface area contributed by atoms with Crippen LogP contribution in [0, 0.1) is 0 Å². The van der Waals surface area contributed by atoms with Crippen LogP contribution in [0.2, 0.25) is 0 Å². The molecule has 9 heteroatoms. The number of nitrogens with one attached hydrogen (secondary N) is 3. The molecule has 0 aliphatic carbocycles. The number of aromatic amines is 1. The van der Waals surface area contributed by atoms with Crippen molar-refractivity contribution in [2.24, 2.45) is 5.73 Å². The van der Waals surface area contributed by atoms with Gasteiger partial charge in [-0.2, -0.15) is 0 Å². The van der Waals surface area contributed by atoms with Crippen molar-refractivity contribution in [2.45, 2.75) is 37.8 Å². The Morgan fingerprint density at radius 2 is 1.82 bits per heavy atom. The fourth-order valence-electron chi connectivity index (χ4n) is 3.87. The van der Waals surface area contributed by atoms with E-state index in [0.717, 1.165) is 22.0 Å². The summed E-state index contributed by atoms with van der Waals surface area (Å²) in [6.07, 6.45) is 0.747. The van der Waals surface area contributed by atoms with Crippen LogP contribution >= 0.6 is 0 Å². The summed E-state index contributed by atoms with van der Waals surface area (Å²) in [7, 11) is 0. The number of nitrogens with two attached hydrogens (primary N) is 1. The third-order valence-electron chi connectivity index (χ3n) is 5.90. The Labute approximate surface area is 197 Å². The maximum atomic E-state index is 12.6. The van der Waals surface area contributed by atoms with Gasteiger partial charge < -0.3 is 35.6 Å². The topological polar surface area (TPSA) is 128 Å². The Hall–Kier alpha value is -3.40. The van der Waals surface area contributed by atoms with E-state index in [9.17, 15) is 9.59 Å². The predicted molar refractivity (Wildman–Crippen MR) is 127 cm³/mol. The Morgan fingerprint density at radius 1 is 1.12 bits per heavy atom. The zero-order chi connectivity index (χ0) is 23.9. The molecule has 1 saturated heterocycles. The molecule has 0 spiro atoms. The second-order valence-electron chi connectivity index (χ2n) is 8.35. The lowest BCUT2D eigenvalue weighted by Gasteiger charge is -2.30. The molecule has 2 aromatic carbocycles. The maximum absolute atomic E-state index is 12.6. The second-order valence-corrected chi connectivity index (χ2v) is 8.35. The number of aromatic nitrogens is 1. The van der Waals surface area contributed by atoms with E-state index < -0.39 is 18.4 Å². The summed E-state index contributed by atoms with van der Waals surface area (Å²) in [5.74, 6) is -0.463. The zero-order valence-corrected chi connectivity index (χ0v) is 19.0. The van der Waals surface area contributed by atoms with E-state index in [1.165, 1.54) is 0 Å². The van der Waals surface area contributed by atoms with E-state index in [-0.39, 0.29) is 44.2 Å². The first-order valence-corrected chi connectivity index (χ1v) is 11.3. The number of carbonyl (C=O) groups is 2. The van der Waals surface area contributed by atoms with Crippen LogP contribution in [0.3, 0.4) is 0 Å². The molecular formula is C25H30N4O5. The molecule has 180 valence electrons. The lowest BCUT2D eigenvalue weighted by atomic mass is 9.93. The zero-order valence-electron chi connectivity index (χ0n) is 19.0. The highest BCUT2D eigenvalue weighted by molar-refractivity contribution is 5.87. The van der Waals surface area contributed by atoms with Crippen LogP contribution in [0.4, 0.5) is 4.79 Å². The second kappa shape index (κ2) is 11.1. The normalized spacial score (nSPS) is 19.8. The van der Waals surface area contributed by atoms with Gasteiger partial charge in [-0.25, -0.2) is 4.79 Å². The van der Waals surface area contributed by atoms with Gasteiger partial charge in [0.25, 0.3) is 0 Å². The van der Waals surface area contributed by atoms with Crippen LogP contribution in [0.5, 0.6) is 0 Å². The van der Waals surface area contributed by atoms with Crippen LogP contribution in [-0.2, 0) is 25.6 Å². The Bertz CT molecular complexity index is 1090. The largest absolute Gasteiger partial charge is 0.445 e. The monoisotopic (exact) mass is 466 g/mol. The molecule has 1 aliphatic heterocycles. The summed E-state index contributed by atoms with van der Waals surface area (Å²) in [4.78, 5) is 27.8. The van der Waals surface area contributed by atoms with Gasteiger partial charge in [0.05, 0.1) is 31.8 Å². The molecule has 4 rings (SSSR count). The van der Waals surface area contributed by atoms with Crippen LogP contribution in [-0.4, -0.2) is 55.1 Å². The van der Waals surface area contributed by atoms with Crippen LogP contribution in [0.15, 0.2) is 60.8 Å². The first-order valence-electron chi connectivity index (χ1n) is 11.3. The molecule has 0 bridgehead atoms. The van der Waals surface area contributed by atoms with Gasteiger partial charge in [-0.15, -0.1) is 0 Å². The lowest BCUT2D eigenvalue weighted by molar-refractivity contribution is -0.186. The summed E-state index contributed by atoms with van der Waals surface area (Å²) in [6.45, 7) is 2.78. The van der Waals surface area contributed by atoms with Gasteiger partial charge in [-0.05, 0) is 17.2 Å². The fraction of sp³-hybridized carbons (Fsp3) is 0.360. The number of ether oxygens (including phenoxy) is 3. The SMILES string of the molecule is C[C@@H](c1c[nH]c2ccccc12)[C@@H](N)C(=O)NCC1OCC(NC(=O)OCc2ccccc2)CO1. The van der Waals surface area contributed by atoms with Gasteiger partial charge in [-0.3, -0.25) is 4.79 Å². The molecule has 2 atom stereocenters. The molecule has 5 N–H and O–H groups in total. The molecular weight excluding hydrogens is 436 g/mol. The number of hydrogen-bond acceptors (Lipinski definition) is 6. The summed E-state index contributed by atoms with van der Waals surface area (Å²) >= 11 is 0. The lowest BCUT2D eigenvalue weighted by Crippen LogP contribution is -2.51. The highest BCUT2D eigenvalue weighted by Gasteiger charge is 2.27. The first-order chi connectivity index (χ1) is 16.5. The Balaban J connectivity index is 1.17. The molecule has 0 radical (unpaired) electrons. The van der Waals surface area contributed by atoms with Gasteiger partial charge in [0, 0.05) is 23.0 Å². The molecule has 0 saturated carbocycles. The summed E-state index contributed by atoms with van der Waals surface area (Å²) < 4.78 is 16.5. The molecule has 3 aromatic rings. The first kappa shape index (κ1) is 23.7. The number of alkyl carbamates (subject to hydrolysis) is 1. The summed E-state index contributed by atoms with van der Waals surface area (Å²) in [5.41, 5.74) is 9.15. The van der Waals surface area contributed by atoms with Crippen molar-refractivity contribution < 1.29 is 23.8 Å². The van der Waals surface area contributed by atoms with Gasteiger partial charge >= 0.3 is 6.09 Å². The quantitative estimate of drug-likeness (QED) is 0.404. The van der Waals surface area contributed by atoms with Crippen LogP contribution in [0.1, 0.15) is 24.0 Å². The fourth-order valence-corrected chi connectivity index (χ4v) is 3.87. The number of para-hydroxylation sites is 1. The van der Waals surface area contributed by atoms with Gasteiger partial charge in [-0.1, -0.05) is 55.5 Å². The van der Waals surface area contributed by atoms with E-state index in [2.05, 4.69) is 15.6 Å². The number of rotatable bonds is 8. The standard InChI is InChI=1S/C25H30N4O5/c1-16(20-11-27-21-10-6-5-9-19(20)21)23(26)24(30)28-12-22-32-14-18(15-33-22)29-25(31)34-13-17-7-3-2-4-8-17/h2-11,16,18,22-23,27H,12-15,26H2,1H3,(H,28,30)(H,29,31)/t16-,18?,22?,23+/m0/s1. The highest BCUT2D eigenvalue weighted by Crippen LogP contribution is 2.27. The average molecular weight is 467 g/mol. The molecule has 1 fully saturated rings. The van der Waals surface area contributed by atoms with Crippen molar-refractivity contribution in [3.05, 3.63) is 71.9 Å². The molecule has 2 heterocycles. The highest BCUT2D eigenvalue weighted by atomic mass is 16.7. The number of benzene rings is 2. The van der Waals surface area contributed by atoms with E-state index in [0.29, 0.717) is 0 Å². The van der Waals surface area contributed by atoms with E-state index >= 15 is 0 Å². The average Bonchev–Trinajstić information content (AvgIpc) is 3.31. The van der Waals surface area contributed by atoms with Crippen LogP contribution < -0.4 is 16.4 Å². The minimum Gasteiger partial charge on any atom is -0.445 e. The third kappa shape index (κ3) is 5.93. The van der Waals surface area contributed by atoms with Crippen molar-refractivity contribution in [1.29, 1.82) is 0 Å². The molecule has 0 unspecified atom stereocenters. The molecule has 1 aromatic heterocycles. The van der Waals surface area contributed by atoms with Crippen molar-refractivity contribution in [1.82, 2.24) is 15.6 Å². The summed E-state index contributed by atoms with van der Waals surface area (Å²) in [5, 5.41) is 6.57. The Morgan fingerprint density at radius 3 is 2.59 bits per heavy atom. The van der Waals surface area contributed by atoms with Gasteiger partial charge in [0.2, 0.25) is 5.91 Å². The molecule has 34 heavy (non-hydrogen) atoms. The number of fused-ring (bicyclic) bond motifs is 1. The Kier molecular flexibility index (Phi) is 7.79. The van der Waals surface area contributed by atoms with E-state index in [1.807, 2.05) is 67.7 Å². The van der Waals surface area contributed by atoms with E-state index in [4.69, 9.17) is 19.9 Å². The number of amides is 2.